The maximum absolute atomic E-state index is 14.6. The Balaban J connectivity index is 1.54. The first-order chi connectivity index (χ1) is 23.2. The van der Waals surface area contributed by atoms with Crippen LogP contribution in [0.2, 0.25) is 0 Å². The Morgan fingerprint density at radius 3 is 2.19 bits per heavy atom. The highest BCUT2D eigenvalue weighted by Gasteiger charge is 2.31. The fourth-order valence-corrected chi connectivity index (χ4v) is 7.08. The molecule has 1 aliphatic heterocycles. The molecule has 0 N–H and O–H groups in total. The molecule has 0 spiro atoms. The summed E-state index contributed by atoms with van der Waals surface area (Å²) in [4.78, 5) is 0. The van der Waals surface area contributed by atoms with Gasteiger partial charge in [0, 0.05) is 41.4 Å². The first-order valence-electron chi connectivity index (χ1n) is 16.0. The molecule has 0 radical (unpaired) electrons. The average Bonchev–Trinajstić information content (AvgIpc) is 3.61. The summed E-state index contributed by atoms with van der Waals surface area (Å²) in [5, 5.41) is 0.900. The molecule has 3 aromatic carbocycles. The molecule has 6 heteroatoms. The number of benzene rings is 3. The third kappa shape index (κ3) is 6.40. The topological polar surface area (TPSA) is 14.2 Å². The van der Waals surface area contributed by atoms with E-state index in [9.17, 15) is 17.6 Å². The van der Waals surface area contributed by atoms with Crippen LogP contribution in [0.25, 0.3) is 27.6 Å². The van der Waals surface area contributed by atoms with E-state index in [2.05, 4.69) is 43.0 Å². The molecule has 0 saturated carbocycles. The van der Waals surface area contributed by atoms with Gasteiger partial charge in [-0.15, -0.1) is 19.7 Å². The number of aromatic nitrogens is 1. The second-order valence-corrected chi connectivity index (χ2v) is 12.3. The van der Waals surface area contributed by atoms with Crippen molar-refractivity contribution in [3.8, 4) is 11.1 Å². The Morgan fingerprint density at radius 2 is 1.54 bits per heavy atom. The molecule has 0 fully saturated rings. The summed E-state index contributed by atoms with van der Waals surface area (Å²) in [7, 11) is 0. The highest BCUT2D eigenvalue weighted by Crippen LogP contribution is 2.46. The highest BCUT2D eigenvalue weighted by atomic mass is 19.1. The molecule has 6 rings (SSSR count). The number of fused-ring (bicyclic) bond motifs is 3. The Morgan fingerprint density at radius 1 is 0.833 bits per heavy atom. The number of nitrogens with zero attached hydrogens (tertiary/aromatic N) is 1. The van der Waals surface area contributed by atoms with Crippen molar-refractivity contribution < 1.29 is 22.3 Å². The molecule has 2 unspecified atom stereocenters. The van der Waals surface area contributed by atoms with Gasteiger partial charge in [0.1, 0.15) is 29.4 Å². The van der Waals surface area contributed by atoms with Crippen molar-refractivity contribution in [1.82, 2.24) is 4.57 Å². The third-order valence-electron chi connectivity index (χ3n) is 9.24. The van der Waals surface area contributed by atoms with Gasteiger partial charge in [-0.25, -0.2) is 17.6 Å². The average molecular weight is 648 g/mol. The largest absolute Gasteiger partial charge is 0.493 e. The second kappa shape index (κ2) is 13.9. The molecule has 2 heterocycles. The Hall–Kier alpha value is -5.10. The lowest BCUT2D eigenvalue weighted by Gasteiger charge is -2.26. The molecule has 4 aromatic rings. The zero-order valence-electron chi connectivity index (χ0n) is 26.7. The monoisotopic (exact) mass is 647 g/mol. The molecule has 0 amide bonds. The zero-order valence-corrected chi connectivity index (χ0v) is 26.7. The molecule has 48 heavy (non-hydrogen) atoms. The van der Waals surface area contributed by atoms with E-state index in [-0.39, 0.29) is 17.9 Å². The number of halogens is 4. The summed E-state index contributed by atoms with van der Waals surface area (Å²) in [6.07, 6.45) is 15.7. The van der Waals surface area contributed by atoms with Gasteiger partial charge in [-0.2, -0.15) is 0 Å². The van der Waals surface area contributed by atoms with Gasteiger partial charge in [0.05, 0.1) is 12.0 Å². The molecule has 244 valence electrons. The lowest BCUT2D eigenvalue weighted by atomic mass is 9.79. The smallest absolute Gasteiger partial charge is 0.126 e. The van der Waals surface area contributed by atoms with Crippen LogP contribution in [0.4, 0.5) is 17.6 Å². The number of ether oxygens (including phenoxy) is 1. The van der Waals surface area contributed by atoms with E-state index in [0.717, 1.165) is 51.0 Å². The molecular formula is C42H37F4NO. The predicted molar refractivity (Wildman–Crippen MR) is 187 cm³/mol. The van der Waals surface area contributed by atoms with Crippen LogP contribution in [0.15, 0.2) is 135 Å². The number of hydrogen-bond acceptors (Lipinski definition) is 1. The summed E-state index contributed by atoms with van der Waals surface area (Å²) in [6, 6.07) is 12.9. The quantitative estimate of drug-likeness (QED) is 0.110. The molecule has 1 aromatic heterocycles. The van der Waals surface area contributed by atoms with Gasteiger partial charge in [-0.05, 0) is 101 Å². The Labute approximate surface area is 279 Å². The fourth-order valence-electron chi connectivity index (χ4n) is 7.08. The van der Waals surface area contributed by atoms with Crippen LogP contribution in [-0.2, 0) is 17.7 Å². The van der Waals surface area contributed by atoms with E-state index in [1.165, 1.54) is 24.3 Å². The molecular weight excluding hydrogens is 610 g/mol. The first kappa shape index (κ1) is 32.8. The van der Waals surface area contributed by atoms with Crippen molar-refractivity contribution >= 4 is 16.5 Å². The van der Waals surface area contributed by atoms with Crippen LogP contribution >= 0.6 is 0 Å². The van der Waals surface area contributed by atoms with Gasteiger partial charge in [0.15, 0.2) is 0 Å². The summed E-state index contributed by atoms with van der Waals surface area (Å²) in [6.45, 7) is 16.4. The van der Waals surface area contributed by atoms with Gasteiger partial charge < -0.3 is 9.30 Å². The van der Waals surface area contributed by atoms with Crippen LogP contribution in [0.3, 0.4) is 0 Å². The normalized spacial score (nSPS) is 18.9. The molecule has 0 saturated heterocycles. The van der Waals surface area contributed by atoms with Crippen molar-refractivity contribution in [2.45, 2.75) is 44.2 Å². The van der Waals surface area contributed by atoms with Crippen LogP contribution in [0, 0.1) is 29.2 Å². The molecule has 1 aliphatic carbocycles. The minimum Gasteiger partial charge on any atom is -0.493 e. The van der Waals surface area contributed by atoms with Crippen LogP contribution < -0.4 is 0 Å². The first-order valence-corrected chi connectivity index (χ1v) is 16.0. The predicted octanol–water partition coefficient (Wildman–Crippen LogP) is 11.3. The maximum atomic E-state index is 14.6. The van der Waals surface area contributed by atoms with Crippen LogP contribution in [0.5, 0.6) is 0 Å². The summed E-state index contributed by atoms with van der Waals surface area (Å²) in [5.41, 5.74) is 7.63. The van der Waals surface area contributed by atoms with Gasteiger partial charge in [0.25, 0.3) is 0 Å². The van der Waals surface area contributed by atoms with Crippen LogP contribution in [-0.4, -0.2) is 10.7 Å². The highest BCUT2D eigenvalue weighted by molar-refractivity contribution is 5.97. The summed E-state index contributed by atoms with van der Waals surface area (Å²) < 4.78 is 65.8. The van der Waals surface area contributed by atoms with Crippen molar-refractivity contribution in [1.29, 1.82) is 0 Å². The van der Waals surface area contributed by atoms with E-state index in [1.807, 2.05) is 36.4 Å². The third-order valence-corrected chi connectivity index (χ3v) is 9.24. The molecule has 2 aliphatic rings. The Bertz CT molecular complexity index is 1990. The SMILES string of the molecule is C=CC/C=C(/CCC1=CO[C@H](C=C)C1C=C)C1=CC(c2cc(F)cc(F)c2)Cc2c1n(CC=C)c1ccc(-c3cc(F)cc(F)c3)cc21. The van der Waals surface area contributed by atoms with E-state index in [1.54, 1.807) is 12.3 Å². The fraction of sp³-hybridized carbons (Fsp3) is 0.190. The summed E-state index contributed by atoms with van der Waals surface area (Å²) >= 11 is 0. The molecule has 2 nitrogen and oxygen atoms in total. The minimum atomic E-state index is -0.660. The van der Waals surface area contributed by atoms with Crippen molar-refractivity contribution in [2.75, 3.05) is 0 Å². The van der Waals surface area contributed by atoms with E-state index < -0.39 is 23.3 Å². The van der Waals surface area contributed by atoms with E-state index in [4.69, 9.17) is 4.74 Å². The lowest BCUT2D eigenvalue weighted by molar-refractivity contribution is 0.193. The number of hydrogen-bond donors (Lipinski definition) is 0. The zero-order chi connectivity index (χ0) is 33.9. The van der Waals surface area contributed by atoms with E-state index in [0.29, 0.717) is 48.9 Å². The standard InChI is InChI=1S/C42H37F4NO/c1-5-9-10-26(11-12-28-25-48-41(8-4)36(28)7-3)37-21-31(30-18-34(45)24-35(46)19-30)22-39-38-20-27(29-16-32(43)23-33(44)17-29)13-14-40(38)47(15-6-2)42(37)39/h5-8,10,13-14,16-21,23-25,31,36,41H,1-4,9,11-12,15,22H2/b26-10-/t31?,36?,41-/m1/s1. The van der Waals surface area contributed by atoms with Crippen molar-refractivity contribution in [2.24, 2.45) is 5.92 Å². The van der Waals surface area contributed by atoms with Gasteiger partial charge in [-0.1, -0.05) is 49.1 Å². The van der Waals surface area contributed by atoms with Crippen molar-refractivity contribution in [3.63, 3.8) is 0 Å². The van der Waals surface area contributed by atoms with Crippen molar-refractivity contribution in [3.05, 3.63) is 175 Å². The van der Waals surface area contributed by atoms with Gasteiger partial charge >= 0.3 is 0 Å². The minimum absolute atomic E-state index is 0.0142. The molecule has 0 bridgehead atoms. The maximum Gasteiger partial charge on any atom is 0.126 e. The summed E-state index contributed by atoms with van der Waals surface area (Å²) in [5.74, 6) is -2.93. The molecule has 3 atom stereocenters. The van der Waals surface area contributed by atoms with Crippen LogP contribution in [0.1, 0.15) is 42.0 Å². The van der Waals surface area contributed by atoms with Gasteiger partial charge in [0.2, 0.25) is 0 Å². The van der Waals surface area contributed by atoms with Gasteiger partial charge in [-0.3, -0.25) is 0 Å². The second-order valence-electron chi connectivity index (χ2n) is 12.3. The number of rotatable bonds is 12. The van der Waals surface area contributed by atoms with E-state index >= 15 is 0 Å². The lowest BCUT2D eigenvalue weighted by Crippen LogP contribution is -2.15. The number of allylic oxidation sites excluding steroid dienone is 6. The Kier molecular flexibility index (Phi) is 9.54.